The number of carbonyl (C=O) groups excluding carboxylic acids is 1. The second-order valence-corrected chi connectivity index (χ2v) is 4.11. The van der Waals surface area contributed by atoms with Crippen LogP contribution in [0, 0.1) is 5.92 Å². The van der Waals surface area contributed by atoms with Gasteiger partial charge in [-0.2, -0.15) is 0 Å². The van der Waals surface area contributed by atoms with Crippen molar-refractivity contribution >= 4 is 5.91 Å². The maximum atomic E-state index is 11.5. The van der Waals surface area contributed by atoms with Gasteiger partial charge in [0.05, 0.1) is 6.61 Å². The van der Waals surface area contributed by atoms with Crippen LogP contribution in [0.5, 0.6) is 0 Å². The van der Waals surface area contributed by atoms with Crippen LogP contribution < -0.4 is 0 Å². The van der Waals surface area contributed by atoms with E-state index < -0.39 is 0 Å². The standard InChI is InChI=1S/C11H21NO2/c1-3-5-11(13)12(2)8-10-6-4-7-14-9-10/h10H,3-9H2,1-2H3. The van der Waals surface area contributed by atoms with Gasteiger partial charge in [-0.05, 0) is 25.2 Å². The van der Waals surface area contributed by atoms with Crippen LogP contribution in [0.15, 0.2) is 0 Å². The van der Waals surface area contributed by atoms with E-state index in [4.69, 9.17) is 4.74 Å². The maximum absolute atomic E-state index is 11.5. The smallest absolute Gasteiger partial charge is 0.222 e. The molecule has 3 nitrogen and oxygen atoms in total. The van der Waals surface area contributed by atoms with Crippen molar-refractivity contribution in [2.45, 2.75) is 32.6 Å². The van der Waals surface area contributed by atoms with Gasteiger partial charge in [-0.1, -0.05) is 6.92 Å². The van der Waals surface area contributed by atoms with Crippen LogP contribution >= 0.6 is 0 Å². The van der Waals surface area contributed by atoms with E-state index in [1.165, 1.54) is 6.42 Å². The molecule has 0 aliphatic carbocycles. The van der Waals surface area contributed by atoms with Crippen molar-refractivity contribution in [3.63, 3.8) is 0 Å². The van der Waals surface area contributed by atoms with Gasteiger partial charge in [0.15, 0.2) is 0 Å². The lowest BCUT2D eigenvalue weighted by Crippen LogP contribution is -2.34. The lowest BCUT2D eigenvalue weighted by atomic mass is 10.0. The molecule has 82 valence electrons. The van der Waals surface area contributed by atoms with E-state index in [2.05, 4.69) is 0 Å². The molecule has 1 aliphatic heterocycles. The van der Waals surface area contributed by atoms with E-state index in [9.17, 15) is 4.79 Å². The zero-order chi connectivity index (χ0) is 10.4. The number of ether oxygens (including phenoxy) is 1. The minimum Gasteiger partial charge on any atom is -0.381 e. The monoisotopic (exact) mass is 199 g/mol. The summed E-state index contributed by atoms with van der Waals surface area (Å²) in [5.41, 5.74) is 0. The molecule has 0 aromatic heterocycles. The molecule has 0 radical (unpaired) electrons. The highest BCUT2D eigenvalue weighted by Gasteiger charge is 2.17. The normalized spacial score (nSPS) is 22.0. The molecule has 1 atom stereocenters. The van der Waals surface area contributed by atoms with Crippen molar-refractivity contribution in [3.05, 3.63) is 0 Å². The van der Waals surface area contributed by atoms with E-state index in [1.807, 2.05) is 18.9 Å². The fourth-order valence-electron chi connectivity index (χ4n) is 1.85. The maximum Gasteiger partial charge on any atom is 0.222 e. The zero-order valence-electron chi connectivity index (χ0n) is 9.29. The molecular weight excluding hydrogens is 178 g/mol. The van der Waals surface area contributed by atoms with E-state index in [0.717, 1.165) is 32.6 Å². The quantitative estimate of drug-likeness (QED) is 0.689. The molecule has 0 aromatic carbocycles. The highest BCUT2D eigenvalue weighted by Crippen LogP contribution is 2.14. The van der Waals surface area contributed by atoms with E-state index in [0.29, 0.717) is 12.3 Å². The van der Waals surface area contributed by atoms with Crippen molar-refractivity contribution in [2.24, 2.45) is 5.92 Å². The molecule has 3 heteroatoms. The van der Waals surface area contributed by atoms with Gasteiger partial charge in [0.2, 0.25) is 5.91 Å². The topological polar surface area (TPSA) is 29.5 Å². The van der Waals surface area contributed by atoms with Crippen LogP contribution in [0.4, 0.5) is 0 Å². The summed E-state index contributed by atoms with van der Waals surface area (Å²) in [5, 5.41) is 0. The Kier molecular flexibility index (Phi) is 4.94. The van der Waals surface area contributed by atoms with Gasteiger partial charge in [-0.25, -0.2) is 0 Å². The summed E-state index contributed by atoms with van der Waals surface area (Å²) in [5.74, 6) is 0.813. The van der Waals surface area contributed by atoms with Gasteiger partial charge >= 0.3 is 0 Å². The minimum atomic E-state index is 0.262. The Bertz CT molecular complexity index is 176. The van der Waals surface area contributed by atoms with Crippen molar-refractivity contribution in [1.29, 1.82) is 0 Å². The predicted octanol–water partition coefficient (Wildman–Crippen LogP) is 1.67. The molecule has 1 aliphatic rings. The molecule has 0 bridgehead atoms. The zero-order valence-corrected chi connectivity index (χ0v) is 9.29. The average molecular weight is 199 g/mol. The summed E-state index contributed by atoms with van der Waals surface area (Å²) in [6.45, 7) is 4.61. The van der Waals surface area contributed by atoms with Gasteiger partial charge in [0, 0.05) is 26.6 Å². The molecule has 0 spiro atoms. The minimum absolute atomic E-state index is 0.262. The van der Waals surface area contributed by atoms with Gasteiger partial charge in [0.1, 0.15) is 0 Å². The predicted molar refractivity (Wildman–Crippen MR) is 56.1 cm³/mol. The second-order valence-electron chi connectivity index (χ2n) is 4.11. The number of hydrogen-bond acceptors (Lipinski definition) is 2. The molecule has 1 saturated heterocycles. The highest BCUT2D eigenvalue weighted by molar-refractivity contribution is 5.75. The molecule has 0 saturated carbocycles. The van der Waals surface area contributed by atoms with Crippen molar-refractivity contribution in [1.82, 2.24) is 4.90 Å². The SMILES string of the molecule is CCCC(=O)N(C)CC1CCCOC1. The van der Waals surface area contributed by atoms with Crippen molar-refractivity contribution in [3.8, 4) is 0 Å². The Morgan fingerprint density at radius 2 is 2.36 bits per heavy atom. The van der Waals surface area contributed by atoms with Gasteiger partial charge < -0.3 is 9.64 Å². The van der Waals surface area contributed by atoms with E-state index >= 15 is 0 Å². The number of amides is 1. The van der Waals surface area contributed by atoms with Crippen LogP contribution in [-0.4, -0.2) is 37.6 Å². The highest BCUT2D eigenvalue weighted by atomic mass is 16.5. The van der Waals surface area contributed by atoms with Gasteiger partial charge in [0.25, 0.3) is 0 Å². The van der Waals surface area contributed by atoms with Crippen molar-refractivity contribution in [2.75, 3.05) is 26.8 Å². The summed E-state index contributed by atoms with van der Waals surface area (Å²) in [4.78, 5) is 13.4. The summed E-state index contributed by atoms with van der Waals surface area (Å²) in [6.07, 6.45) is 3.94. The Labute approximate surface area is 86.4 Å². The third-order valence-electron chi connectivity index (χ3n) is 2.68. The summed E-state index contributed by atoms with van der Waals surface area (Å²) >= 11 is 0. The molecule has 1 rings (SSSR count). The molecule has 1 amide bonds. The molecule has 1 fully saturated rings. The molecular formula is C11H21NO2. The Morgan fingerprint density at radius 3 is 2.93 bits per heavy atom. The van der Waals surface area contributed by atoms with Crippen LogP contribution in [0.2, 0.25) is 0 Å². The van der Waals surface area contributed by atoms with Crippen molar-refractivity contribution < 1.29 is 9.53 Å². The first-order valence-corrected chi connectivity index (χ1v) is 5.55. The van der Waals surface area contributed by atoms with Gasteiger partial charge in [-0.15, -0.1) is 0 Å². The van der Waals surface area contributed by atoms with Crippen LogP contribution in [-0.2, 0) is 9.53 Å². The van der Waals surface area contributed by atoms with Gasteiger partial charge in [-0.3, -0.25) is 4.79 Å². The summed E-state index contributed by atoms with van der Waals surface area (Å²) in [7, 11) is 1.90. The summed E-state index contributed by atoms with van der Waals surface area (Å²) < 4.78 is 5.38. The van der Waals surface area contributed by atoms with Crippen LogP contribution in [0.1, 0.15) is 32.6 Å². The first-order valence-electron chi connectivity index (χ1n) is 5.55. The first-order chi connectivity index (χ1) is 6.74. The van der Waals surface area contributed by atoms with Crippen LogP contribution in [0.3, 0.4) is 0 Å². The fraction of sp³-hybridized carbons (Fsp3) is 0.909. The van der Waals surface area contributed by atoms with Crippen LogP contribution in [0.25, 0.3) is 0 Å². The Hall–Kier alpha value is -0.570. The second kappa shape index (κ2) is 6.02. The molecule has 1 heterocycles. The Balaban J connectivity index is 2.24. The summed E-state index contributed by atoms with van der Waals surface area (Å²) in [6, 6.07) is 0. The lowest BCUT2D eigenvalue weighted by molar-refractivity contribution is -0.131. The Morgan fingerprint density at radius 1 is 1.57 bits per heavy atom. The number of hydrogen-bond donors (Lipinski definition) is 0. The lowest BCUT2D eigenvalue weighted by Gasteiger charge is -2.27. The molecule has 1 unspecified atom stereocenters. The number of carbonyl (C=O) groups is 1. The third kappa shape index (κ3) is 3.66. The average Bonchev–Trinajstić information content (AvgIpc) is 2.19. The number of nitrogens with zero attached hydrogens (tertiary/aromatic N) is 1. The van der Waals surface area contributed by atoms with E-state index in [-0.39, 0.29) is 5.91 Å². The number of rotatable bonds is 4. The first kappa shape index (κ1) is 11.5. The van der Waals surface area contributed by atoms with E-state index in [1.54, 1.807) is 0 Å². The molecule has 0 aromatic rings. The fourth-order valence-corrected chi connectivity index (χ4v) is 1.85. The molecule has 14 heavy (non-hydrogen) atoms. The largest absolute Gasteiger partial charge is 0.381 e. The third-order valence-corrected chi connectivity index (χ3v) is 2.68. The molecule has 0 N–H and O–H groups in total.